The lowest BCUT2D eigenvalue weighted by Crippen LogP contribution is -2.23. The Bertz CT molecular complexity index is 265. The SMILES string of the molecule is C[C@@H](CCCN=C(N)C[N+](=O)[O-])C(=O)O. The van der Waals surface area contributed by atoms with Crippen molar-refractivity contribution >= 4 is 11.8 Å². The summed E-state index contributed by atoms with van der Waals surface area (Å²) in [6, 6.07) is 0. The van der Waals surface area contributed by atoms with Crippen LogP contribution in [0.1, 0.15) is 19.8 Å². The van der Waals surface area contributed by atoms with Crippen molar-refractivity contribution in [1.82, 2.24) is 0 Å². The summed E-state index contributed by atoms with van der Waals surface area (Å²) in [5.74, 6) is -1.29. The van der Waals surface area contributed by atoms with Crippen molar-refractivity contribution < 1.29 is 14.8 Å². The largest absolute Gasteiger partial charge is 0.481 e. The second-order valence-electron chi connectivity index (χ2n) is 3.25. The van der Waals surface area contributed by atoms with E-state index in [0.29, 0.717) is 19.4 Å². The molecule has 0 radical (unpaired) electrons. The number of carboxylic acid groups (broad SMARTS) is 1. The van der Waals surface area contributed by atoms with Crippen molar-refractivity contribution in [3.8, 4) is 0 Å². The highest BCUT2D eigenvalue weighted by Gasteiger charge is 2.09. The molecule has 7 heteroatoms. The van der Waals surface area contributed by atoms with Crippen LogP contribution in [-0.2, 0) is 4.79 Å². The Hall–Kier alpha value is -1.66. The molecule has 0 amide bonds. The predicted molar refractivity (Wildman–Crippen MR) is 54.4 cm³/mol. The molecule has 0 unspecified atom stereocenters. The maximum atomic E-state index is 10.4. The van der Waals surface area contributed by atoms with Gasteiger partial charge in [-0.3, -0.25) is 19.9 Å². The Labute approximate surface area is 87.1 Å². The van der Waals surface area contributed by atoms with Crippen molar-refractivity contribution in [1.29, 1.82) is 0 Å². The number of nitrogens with zero attached hydrogens (tertiary/aromatic N) is 2. The number of hydrogen-bond donors (Lipinski definition) is 2. The molecule has 0 aromatic heterocycles. The molecule has 0 spiro atoms. The molecule has 0 aromatic carbocycles. The number of carboxylic acids is 1. The van der Waals surface area contributed by atoms with E-state index in [9.17, 15) is 14.9 Å². The van der Waals surface area contributed by atoms with E-state index >= 15 is 0 Å². The minimum atomic E-state index is -0.850. The molecule has 3 N–H and O–H groups in total. The zero-order valence-corrected chi connectivity index (χ0v) is 8.55. The molecular formula is C8H15N3O4. The van der Waals surface area contributed by atoms with E-state index in [1.807, 2.05) is 0 Å². The lowest BCUT2D eigenvalue weighted by Gasteiger charge is -2.03. The van der Waals surface area contributed by atoms with Gasteiger partial charge < -0.3 is 10.8 Å². The zero-order valence-electron chi connectivity index (χ0n) is 8.55. The number of nitrogens with two attached hydrogens (primary N) is 1. The van der Waals surface area contributed by atoms with Gasteiger partial charge in [0.25, 0.3) is 6.54 Å². The molecule has 0 bridgehead atoms. The van der Waals surface area contributed by atoms with E-state index in [-0.39, 0.29) is 5.84 Å². The monoisotopic (exact) mass is 217 g/mol. The van der Waals surface area contributed by atoms with Gasteiger partial charge in [-0.25, -0.2) is 0 Å². The summed E-state index contributed by atoms with van der Waals surface area (Å²) in [6.45, 7) is 1.47. The molecule has 0 aromatic rings. The van der Waals surface area contributed by atoms with E-state index < -0.39 is 23.4 Å². The standard InChI is InChI=1S/C8H15N3O4/c1-6(8(12)13)3-2-4-10-7(9)5-11(14)15/h6H,2-5H2,1H3,(H2,9,10)(H,12,13)/t6-/m0/s1. The summed E-state index contributed by atoms with van der Waals surface area (Å²) in [5, 5.41) is 18.6. The smallest absolute Gasteiger partial charge is 0.306 e. The Morgan fingerprint density at radius 1 is 1.67 bits per heavy atom. The Morgan fingerprint density at radius 3 is 2.73 bits per heavy atom. The third-order valence-corrected chi connectivity index (χ3v) is 1.82. The number of aliphatic imine (C=N–C) groups is 1. The van der Waals surface area contributed by atoms with Gasteiger partial charge in [-0.2, -0.15) is 0 Å². The first kappa shape index (κ1) is 13.3. The fourth-order valence-corrected chi connectivity index (χ4v) is 0.926. The molecule has 1 atom stereocenters. The number of aliphatic carboxylic acids is 1. The molecular weight excluding hydrogens is 202 g/mol. The molecule has 0 saturated heterocycles. The first-order chi connectivity index (χ1) is 6.93. The van der Waals surface area contributed by atoms with E-state index in [1.165, 1.54) is 0 Å². The van der Waals surface area contributed by atoms with Gasteiger partial charge in [0.05, 0.1) is 5.92 Å². The summed E-state index contributed by atoms with van der Waals surface area (Å²) < 4.78 is 0. The topological polar surface area (TPSA) is 119 Å². The summed E-state index contributed by atoms with van der Waals surface area (Å²) in [4.78, 5) is 23.6. The van der Waals surface area contributed by atoms with Gasteiger partial charge in [-0.05, 0) is 12.8 Å². The van der Waals surface area contributed by atoms with Crippen molar-refractivity contribution in [3.63, 3.8) is 0 Å². The van der Waals surface area contributed by atoms with Gasteiger partial charge in [-0.1, -0.05) is 6.92 Å². The van der Waals surface area contributed by atoms with Gasteiger partial charge in [0.1, 0.15) is 0 Å². The van der Waals surface area contributed by atoms with Crippen molar-refractivity contribution in [3.05, 3.63) is 10.1 Å². The molecule has 0 rings (SSSR count). The number of carbonyl (C=O) groups is 1. The lowest BCUT2D eigenvalue weighted by atomic mass is 10.1. The van der Waals surface area contributed by atoms with Gasteiger partial charge in [0, 0.05) is 11.5 Å². The van der Waals surface area contributed by atoms with Crippen LogP contribution >= 0.6 is 0 Å². The summed E-state index contributed by atoms with van der Waals surface area (Å²) in [7, 11) is 0. The first-order valence-corrected chi connectivity index (χ1v) is 4.57. The second-order valence-corrected chi connectivity index (χ2v) is 3.25. The molecule has 0 aliphatic rings. The van der Waals surface area contributed by atoms with Crippen LogP contribution in [0.3, 0.4) is 0 Å². The van der Waals surface area contributed by atoms with Crippen molar-refractivity contribution in [2.24, 2.45) is 16.6 Å². The number of nitro groups is 1. The molecule has 7 nitrogen and oxygen atoms in total. The average molecular weight is 217 g/mol. The highest BCUT2D eigenvalue weighted by atomic mass is 16.6. The first-order valence-electron chi connectivity index (χ1n) is 4.57. The van der Waals surface area contributed by atoms with E-state index in [2.05, 4.69) is 4.99 Å². The summed E-state index contributed by atoms with van der Waals surface area (Å²) in [6.07, 6.45) is 1.05. The van der Waals surface area contributed by atoms with Crippen LogP contribution in [0.15, 0.2) is 4.99 Å². The summed E-state index contributed by atoms with van der Waals surface area (Å²) in [5.41, 5.74) is 5.24. The average Bonchev–Trinajstić information content (AvgIpc) is 2.10. The van der Waals surface area contributed by atoms with E-state index in [1.54, 1.807) is 6.92 Å². The van der Waals surface area contributed by atoms with Crippen molar-refractivity contribution in [2.75, 3.05) is 13.1 Å². The van der Waals surface area contributed by atoms with Gasteiger partial charge in [-0.15, -0.1) is 0 Å². The molecule has 0 saturated carbocycles. The van der Waals surface area contributed by atoms with Crippen molar-refractivity contribution in [2.45, 2.75) is 19.8 Å². The Balaban J connectivity index is 3.69. The second kappa shape index (κ2) is 6.74. The van der Waals surface area contributed by atoms with Crippen LogP contribution in [-0.4, -0.2) is 34.9 Å². The van der Waals surface area contributed by atoms with Crippen LogP contribution in [0.25, 0.3) is 0 Å². The number of rotatable bonds is 7. The number of amidine groups is 1. The maximum absolute atomic E-state index is 10.4. The summed E-state index contributed by atoms with van der Waals surface area (Å²) >= 11 is 0. The third kappa shape index (κ3) is 7.41. The van der Waals surface area contributed by atoms with Crippen LogP contribution in [0.2, 0.25) is 0 Å². The number of hydrogen-bond acceptors (Lipinski definition) is 4. The molecule has 0 fully saturated rings. The van der Waals surface area contributed by atoms with E-state index in [4.69, 9.17) is 10.8 Å². The van der Waals surface area contributed by atoms with E-state index in [0.717, 1.165) is 0 Å². The Morgan fingerprint density at radius 2 is 2.27 bits per heavy atom. The Kier molecular flexibility index (Phi) is 6.00. The van der Waals surface area contributed by atoms with Crippen LogP contribution in [0.4, 0.5) is 0 Å². The van der Waals surface area contributed by atoms with Gasteiger partial charge in [0.2, 0.25) is 0 Å². The highest BCUT2D eigenvalue weighted by molar-refractivity contribution is 5.81. The van der Waals surface area contributed by atoms with Gasteiger partial charge >= 0.3 is 5.97 Å². The predicted octanol–water partition coefficient (Wildman–Crippen LogP) is 0.121. The molecule has 15 heavy (non-hydrogen) atoms. The molecule has 0 heterocycles. The fraction of sp³-hybridized carbons (Fsp3) is 0.750. The molecule has 86 valence electrons. The maximum Gasteiger partial charge on any atom is 0.306 e. The third-order valence-electron chi connectivity index (χ3n) is 1.82. The minimum Gasteiger partial charge on any atom is -0.481 e. The zero-order chi connectivity index (χ0) is 11.8. The normalized spacial score (nSPS) is 13.5. The molecule has 0 aliphatic heterocycles. The molecule has 0 aliphatic carbocycles. The van der Waals surface area contributed by atoms with Crippen LogP contribution < -0.4 is 5.73 Å². The fourth-order valence-electron chi connectivity index (χ4n) is 0.926. The lowest BCUT2D eigenvalue weighted by molar-refractivity contribution is -0.463. The highest BCUT2D eigenvalue weighted by Crippen LogP contribution is 2.04. The van der Waals surface area contributed by atoms with Gasteiger partial charge in [0.15, 0.2) is 5.84 Å². The van der Waals surface area contributed by atoms with Crippen LogP contribution in [0, 0.1) is 16.0 Å². The minimum absolute atomic E-state index is 0.0250. The quantitative estimate of drug-likeness (QED) is 0.206. The van der Waals surface area contributed by atoms with Crippen LogP contribution in [0.5, 0.6) is 0 Å².